The highest BCUT2D eigenvalue weighted by atomic mass is 15.5. The monoisotopic (exact) mass is 268 g/mol. The van der Waals surface area contributed by atoms with Crippen molar-refractivity contribution in [2.24, 2.45) is 0 Å². The third-order valence-electron chi connectivity index (χ3n) is 3.08. The van der Waals surface area contributed by atoms with Gasteiger partial charge in [-0.3, -0.25) is 5.10 Å². The van der Waals surface area contributed by atoms with Crippen LogP contribution in [0.2, 0.25) is 0 Å². The third-order valence-corrected chi connectivity index (χ3v) is 3.08. The molecule has 0 fully saturated rings. The molecule has 0 saturated carbocycles. The third kappa shape index (κ3) is 2.75. The lowest BCUT2D eigenvalue weighted by molar-refractivity contribution is 0.661. The van der Waals surface area contributed by atoms with E-state index in [0.717, 1.165) is 23.6 Å². The van der Waals surface area contributed by atoms with Crippen LogP contribution >= 0.6 is 0 Å². The van der Waals surface area contributed by atoms with Gasteiger partial charge in [-0.15, -0.1) is 0 Å². The summed E-state index contributed by atoms with van der Waals surface area (Å²) in [5.74, 6) is 0. The average molecular weight is 268 g/mol. The first kappa shape index (κ1) is 12.6. The summed E-state index contributed by atoms with van der Waals surface area (Å²) in [6.07, 6.45) is 3.62. The van der Waals surface area contributed by atoms with Crippen LogP contribution in [0.15, 0.2) is 42.7 Å². The molecule has 6 heteroatoms. The van der Waals surface area contributed by atoms with E-state index in [1.165, 1.54) is 5.56 Å². The van der Waals surface area contributed by atoms with Gasteiger partial charge >= 0.3 is 0 Å². The number of aryl methyl sites for hydroxylation is 1. The number of nitrogens with one attached hydrogen (secondary N) is 2. The Labute approximate surface area is 116 Å². The van der Waals surface area contributed by atoms with Gasteiger partial charge in [0.2, 0.25) is 0 Å². The highest BCUT2D eigenvalue weighted by Crippen LogP contribution is 2.05. The van der Waals surface area contributed by atoms with Crippen LogP contribution in [0.4, 0.5) is 0 Å². The van der Waals surface area contributed by atoms with E-state index in [1.807, 2.05) is 43.5 Å². The van der Waals surface area contributed by atoms with Crippen LogP contribution in [-0.2, 0) is 13.1 Å². The standard InChI is InChI=1S/C14H16N6/c1-11-12(8-16-18-11)7-15-9-13-10-17-20(19-13)14-5-3-2-4-6-14/h2-6,8,10,15H,7,9H2,1H3,(H,16,18). The lowest BCUT2D eigenvalue weighted by Crippen LogP contribution is -2.13. The highest BCUT2D eigenvalue weighted by molar-refractivity contribution is 5.28. The fraction of sp³-hybridized carbons (Fsp3) is 0.214. The Bertz CT molecular complexity index is 670. The maximum atomic E-state index is 4.44. The lowest BCUT2D eigenvalue weighted by atomic mass is 10.2. The van der Waals surface area contributed by atoms with Crippen molar-refractivity contribution in [3.63, 3.8) is 0 Å². The van der Waals surface area contributed by atoms with Gasteiger partial charge in [0, 0.05) is 24.3 Å². The Morgan fingerprint density at radius 3 is 2.75 bits per heavy atom. The zero-order chi connectivity index (χ0) is 13.8. The Morgan fingerprint density at radius 1 is 1.15 bits per heavy atom. The summed E-state index contributed by atoms with van der Waals surface area (Å²) in [6.45, 7) is 3.45. The molecule has 2 heterocycles. The van der Waals surface area contributed by atoms with E-state index in [4.69, 9.17) is 0 Å². The van der Waals surface area contributed by atoms with E-state index in [1.54, 1.807) is 11.0 Å². The van der Waals surface area contributed by atoms with Gasteiger partial charge in [-0.25, -0.2) is 0 Å². The van der Waals surface area contributed by atoms with Crippen LogP contribution in [0.3, 0.4) is 0 Å². The minimum atomic E-state index is 0.678. The summed E-state index contributed by atoms with van der Waals surface area (Å²) in [7, 11) is 0. The molecule has 1 aromatic carbocycles. The molecule has 102 valence electrons. The van der Waals surface area contributed by atoms with Crippen LogP contribution in [0.5, 0.6) is 0 Å². The Kier molecular flexibility index (Phi) is 3.56. The molecule has 2 aromatic heterocycles. The summed E-state index contributed by atoms with van der Waals surface area (Å²) in [6, 6.07) is 9.87. The molecule has 0 aliphatic heterocycles. The predicted octanol–water partition coefficient (Wildman–Crippen LogP) is 1.59. The van der Waals surface area contributed by atoms with E-state index in [2.05, 4.69) is 25.7 Å². The summed E-state index contributed by atoms with van der Waals surface area (Å²) < 4.78 is 0. The molecular formula is C14H16N6. The number of rotatable bonds is 5. The first-order valence-corrected chi connectivity index (χ1v) is 6.49. The van der Waals surface area contributed by atoms with Gasteiger partial charge in [-0.1, -0.05) is 18.2 Å². The summed E-state index contributed by atoms with van der Waals surface area (Å²) >= 11 is 0. The number of para-hydroxylation sites is 1. The molecule has 0 unspecified atom stereocenters. The minimum absolute atomic E-state index is 0.678. The van der Waals surface area contributed by atoms with Gasteiger partial charge in [-0.2, -0.15) is 20.1 Å². The van der Waals surface area contributed by atoms with Crippen LogP contribution in [0, 0.1) is 6.92 Å². The molecule has 0 saturated heterocycles. The number of hydrogen-bond donors (Lipinski definition) is 2. The number of H-pyrrole nitrogens is 1. The molecule has 0 atom stereocenters. The SMILES string of the molecule is Cc1[nH]ncc1CNCc1cnn(-c2ccccc2)n1. The molecule has 3 aromatic rings. The number of nitrogens with zero attached hydrogens (tertiary/aromatic N) is 4. The zero-order valence-electron chi connectivity index (χ0n) is 11.2. The van der Waals surface area contributed by atoms with E-state index in [0.29, 0.717) is 6.54 Å². The summed E-state index contributed by atoms with van der Waals surface area (Å²) in [5.41, 5.74) is 4.13. The normalized spacial score (nSPS) is 10.8. The van der Waals surface area contributed by atoms with Crippen molar-refractivity contribution in [2.45, 2.75) is 20.0 Å². The van der Waals surface area contributed by atoms with E-state index in [9.17, 15) is 0 Å². The molecular weight excluding hydrogens is 252 g/mol. The van der Waals surface area contributed by atoms with Gasteiger partial charge in [0.05, 0.1) is 23.8 Å². The van der Waals surface area contributed by atoms with Gasteiger partial charge in [0.15, 0.2) is 0 Å². The largest absolute Gasteiger partial charge is 0.307 e. The minimum Gasteiger partial charge on any atom is -0.307 e. The highest BCUT2D eigenvalue weighted by Gasteiger charge is 2.03. The second kappa shape index (κ2) is 5.66. The topological polar surface area (TPSA) is 71.4 Å². The van der Waals surface area contributed by atoms with Crippen molar-refractivity contribution in [1.82, 2.24) is 30.5 Å². The van der Waals surface area contributed by atoms with Gasteiger partial charge < -0.3 is 5.32 Å². The van der Waals surface area contributed by atoms with E-state index < -0.39 is 0 Å². The second-order valence-corrected chi connectivity index (χ2v) is 4.58. The summed E-state index contributed by atoms with van der Waals surface area (Å²) in [4.78, 5) is 1.64. The molecule has 2 N–H and O–H groups in total. The molecule has 0 aliphatic rings. The molecule has 0 spiro atoms. The smallest absolute Gasteiger partial charge is 0.0969 e. The molecule has 0 amide bonds. The quantitative estimate of drug-likeness (QED) is 0.737. The van der Waals surface area contributed by atoms with Crippen molar-refractivity contribution < 1.29 is 0 Å². The van der Waals surface area contributed by atoms with Crippen molar-refractivity contribution in [3.05, 3.63) is 59.7 Å². The maximum Gasteiger partial charge on any atom is 0.0969 e. The first-order chi connectivity index (χ1) is 9.83. The van der Waals surface area contributed by atoms with Crippen LogP contribution in [-0.4, -0.2) is 25.2 Å². The van der Waals surface area contributed by atoms with Crippen LogP contribution in [0.1, 0.15) is 17.0 Å². The van der Waals surface area contributed by atoms with Crippen LogP contribution in [0.25, 0.3) is 5.69 Å². The van der Waals surface area contributed by atoms with E-state index in [-0.39, 0.29) is 0 Å². The Balaban J connectivity index is 1.59. The predicted molar refractivity (Wildman–Crippen MR) is 75.2 cm³/mol. The fourth-order valence-electron chi connectivity index (χ4n) is 1.94. The lowest BCUT2D eigenvalue weighted by Gasteiger charge is -2.01. The van der Waals surface area contributed by atoms with E-state index >= 15 is 0 Å². The van der Waals surface area contributed by atoms with Gasteiger partial charge in [-0.05, 0) is 19.1 Å². The fourth-order valence-corrected chi connectivity index (χ4v) is 1.94. The summed E-state index contributed by atoms with van der Waals surface area (Å²) in [5, 5.41) is 19.0. The molecule has 6 nitrogen and oxygen atoms in total. The Morgan fingerprint density at radius 2 is 2.00 bits per heavy atom. The number of aromatic amines is 1. The number of hydrogen-bond acceptors (Lipinski definition) is 4. The van der Waals surface area contributed by atoms with Crippen LogP contribution < -0.4 is 5.32 Å². The van der Waals surface area contributed by atoms with Crippen molar-refractivity contribution in [3.8, 4) is 5.69 Å². The molecule has 0 bridgehead atoms. The van der Waals surface area contributed by atoms with Crippen molar-refractivity contribution in [2.75, 3.05) is 0 Å². The zero-order valence-corrected chi connectivity index (χ0v) is 11.2. The average Bonchev–Trinajstić information content (AvgIpc) is 3.10. The second-order valence-electron chi connectivity index (χ2n) is 4.58. The number of aromatic nitrogens is 5. The van der Waals surface area contributed by atoms with Gasteiger partial charge in [0.1, 0.15) is 0 Å². The molecule has 0 radical (unpaired) electrons. The van der Waals surface area contributed by atoms with Crippen molar-refractivity contribution >= 4 is 0 Å². The Hall–Kier alpha value is -2.47. The maximum absolute atomic E-state index is 4.44. The first-order valence-electron chi connectivity index (χ1n) is 6.49. The van der Waals surface area contributed by atoms with Crippen molar-refractivity contribution in [1.29, 1.82) is 0 Å². The molecule has 3 rings (SSSR count). The number of benzene rings is 1. The molecule has 20 heavy (non-hydrogen) atoms. The van der Waals surface area contributed by atoms with Gasteiger partial charge in [0.25, 0.3) is 0 Å². The molecule has 0 aliphatic carbocycles.